The van der Waals surface area contributed by atoms with E-state index in [4.69, 9.17) is 0 Å². The molecule has 5 heteroatoms. The van der Waals surface area contributed by atoms with Crippen molar-refractivity contribution in [3.05, 3.63) is 0 Å². The smallest absolute Gasteiger partial charge is 0.152 e. The van der Waals surface area contributed by atoms with Crippen molar-refractivity contribution in [2.45, 2.75) is 32.7 Å². The van der Waals surface area contributed by atoms with Crippen LogP contribution in [0, 0.1) is 0 Å². The monoisotopic (exact) mass is 248 g/mol. The highest BCUT2D eigenvalue weighted by molar-refractivity contribution is 7.91. The van der Waals surface area contributed by atoms with Crippen molar-refractivity contribution in [1.29, 1.82) is 0 Å². The minimum absolute atomic E-state index is 0.172. The van der Waals surface area contributed by atoms with Crippen molar-refractivity contribution in [2.75, 3.05) is 37.7 Å². The number of nitrogens with one attached hydrogen (secondary N) is 1. The fourth-order valence-corrected chi connectivity index (χ4v) is 3.02. The van der Waals surface area contributed by atoms with E-state index in [1.807, 2.05) is 0 Å². The molecule has 4 nitrogen and oxygen atoms in total. The Morgan fingerprint density at radius 3 is 2.25 bits per heavy atom. The number of nitrogens with zero attached hydrogens (tertiary/aromatic N) is 1. The second-order valence-corrected chi connectivity index (χ2v) is 7.83. The van der Waals surface area contributed by atoms with Crippen molar-refractivity contribution in [1.82, 2.24) is 10.2 Å². The lowest BCUT2D eigenvalue weighted by atomic mass is 10.1. The van der Waals surface area contributed by atoms with Crippen LogP contribution in [0.3, 0.4) is 0 Å². The summed E-state index contributed by atoms with van der Waals surface area (Å²) in [6.45, 7) is 9.86. The molecule has 1 fully saturated rings. The van der Waals surface area contributed by atoms with Gasteiger partial charge in [0.2, 0.25) is 0 Å². The van der Waals surface area contributed by atoms with Gasteiger partial charge in [-0.05, 0) is 40.3 Å². The first-order chi connectivity index (χ1) is 7.29. The summed E-state index contributed by atoms with van der Waals surface area (Å²) in [7, 11) is -2.73. The van der Waals surface area contributed by atoms with Crippen molar-refractivity contribution < 1.29 is 8.42 Å². The van der Waals surface area contributed by atoms with Crippen LogP contribution in [0.25, 0.3) is 0 Å². The van der Waals surface area contributed by atoms with Crippen molar-refractivity contribution in [3.8, 4) is 0 Å². The van der Waals surface area contributed by atoms with Gasteiger partial charge in [0.25, 0.3) is 0 Å². The van der Waals surface area contributed by atoms with Gasteiger partial charge < -0.3 is 10.2 Å². The molecule has 1 rings (SSSR count). The molecule has 0 radical (unpaired) electrons. The zero-order chi connectivity index (χ0) is 12.2. The van der Waals surface area contributed by atoms with Crippen LogP contribution >= 0.6 is 0 Å². The second kappa shape index (κ2) is 5.47. The van der Waals surface area contributed by atoms with E-state index in [-0.39, 0.29) is 5.54 Å². The summed E-state index contributed by atoms with van der Waals surface area (Å²) >= 11 is 0. The van der Waals surface area contributed by atoms with Crippen molar-refractivity contribution in [2.24, 2.45) is 0 Å². The van der Waals surface area contributed by atoms with Gasteiger partial charge in [-0.1, -0.05) is 0 Å². The number of rotatable bonds is 4. The van der Waals surface area contributed by atoms with E-state index >= 15 is 0 Å². The Morgan fingerprint density at radius 2 is 1.75 bits per heavy atom. The predicted molar refractivity (Wildman–Crippen MR) is 67.5 cm³/mol. The summed E-state index contributed by atoms with van der Waals surface area (Å²) < 4.78 is 22.4. The molecule has 96 valence electrons. The first-order valence-corrected chi connectivity index (χ1v) is 7.78. The highest BCUT2D eigenvalue weighted by Crippen LogP contribution is 2.04. The fraction of sp³-hybridized carbons (Fsp3) is 1.00. The van der Waals surface area contributed by atoms with Crippen LogP contribution in [0.1, 0.15) is 27.2 Å². The van der Waals surface area contributed by atoms with Gasteiger partial charge in [-0.3, -0.25) is 0 Å². The molecule has 0 bridgehead atoms. The van der Waals surface area contributed by atoms with E-state index in [0.29, 0.717) is 24.6 Å². The molecular formula is C11H24N2O2S. The largest absolute Gasteiger partial charge is 0.312 e. The molecule has 0 atom stereocenters. The highest BCUT2D eigenvalue weighted by Gasteiger charge is 2.20. The summed E-state index contributed by atoms with van der Waals surface area (Å²) in [6.07, 6.45) is 1.08. The number of hydrogen-bond donors (Lipinski definition) is 1. The van der Waals surface area contributed by atoms with Crippen LogP contribution in [0.2, 0.25) is 0 Å². The first kappa shape index (κ1) is 13.9. The zero-order valence-corrected chi connectivity index (χ0v) is 11.4. The van der Waals surface area contributed by atoms with E-state index in [1.54, 1.807) is 0 Å². The Bertz CT molecular complexity index is 292. The average molecular weight is 248 g/mol. The Hall–Kier alpha value is -0.130. The van der Waals surface area contributed by atoms with Gasteiger partial charge in [0.05, 0.1) is 11.5 Å². The van der Waals surface area contributed by atoms with E-state index in [1.165, 1.54) is 0 Å². The maximum Gasteiger partial charge on any atom is 0.152 e. The summed E-state index contributed by atoms with van der Waals surface area (Å²) in [5.74, 6) is 0.666. The maximum absolute atomic E-state index is 11.2. The molecule has 1 N–H and O–H groups in total. The Labute approximate surface area is 99.3 Å². The fourth-order valence-electron chi connectivity index (χ4n) is 1.74. The predicted octanol–water partition coefficient (Wildman–Crippen LogP) is 0.495. The number of hydrogen-bond acceptors (Lipinski definition) is 4. The molecule has 0 spiro atoms. The van der Waals surface area contributed by atoms with Gasteiger partial charge in [-0.15, -0.1) is 0 Å². The molecule has 0 aromatic rings. The van der Waals surface area contributed by atoms with E-state index in [0.717, 1.165) is 19.5 Å². The Kier molecular flexibility index (Phi) is 4.76. The molecule has 0 amide bonds. The van der Waals surface area contributed by atoms with E-state index in [9.17, 15) is 8.42 Å². The van der Waals surface area contributed by atoms with Gasteiger partial charge in [0.1, 0.15) is 0 Å². The third-order valence-electron chi connectivity index (χ3n) is 2.74. The lowest BCUT2D eigenvalue weighted by molar-refractivity contribution is 0.284. The standard InChI is InChI=1S/C11H24N2O2S/c1-11(2,3)12-5-4-6-13-7-9-16(14,15)10-8-13/h12H,4-10H2,1-3H3. The van der Waals surface area contributed by atoms with Crippen LogP contribution < -0.4 is 5.32 Å². The molecule has 16 heavy (non-hydrogen) atoms. The summed E-state index contributed by atoms with van der Waals surface area (Å²) in [6, 6.07) is 0. The van der Waals surface area contributed by atoms with Crippen LogP contribution in [0.15, 0.2) is 0 Å². The normalized spacial score (nSPS) is 22.2. The molecule has 1 aliphatic rings. The summed E-state index contributed by atoms with van der Waals surface area (Å²) in [4.78, 5) is 2.24. The molecule has 0 aromatic heterocycles. The van der Waals surface area contributed by atoms with Crippen LogP contribution in [0.5, 0.6) is 0 Å². The highest BCUT2D eigenvalue weighted by atomic mass is 32.2. The molecular weight excluding hydrogens is 224 g/mol. The molecule has 0 aromatic carbocycles. The van der Waals surface area contributed by atoms with Gasteiger partial charge >= 0.3 is 0 Å². The minimum Gasteiger partial charge on any atom is -0.312 e. The van der Waals surface area contributed by atoms with Crippen LogP contribution in [-0.2, 0) is 9.84 Å². The third kappa shape index (κ3) is 5.82. The summed E-state index contributed by atoms with van der Waals surface area (Å²) in [5, 5.41) is 3.43. The van der Waals surface area contributed by atoms with Crippen molar-refractivity contribution in [3.63, 3.8) is 0 Å². The maximum atomic E-state index is 11.2. The molecule has 1 heterocycles. The van der Waals surface area contributed by atoms with Crippen LogP contribution in [-0.4, -0.2) is 56.5 Å². The SMILES string of the molecule is CC(C)(C)NCCCN1CCS(=O)(=O)CC1. The van der Waals surface area contributed by atoms with Gasteiger partial charge in [-0.25, -0.2) is 8.42 Å². The van der Waals surface area contributed by atoms with Crippen LogP contribution in [0.4, 0.5) is 0 Å². The van der Waals surface area contributed by atoms with Gasteiger partial charge in [-0.2, -0.15) is 0 Å². The topological polar surface area (TPSA) is 49.4 Å². The lowest BCUT2D eigenvalue weighted by Gasteiger charge is -2.27. The van der Waals surface area contributed by atoms with Crippen molar-refractivity contribution >= 4 is 9.84 Å². The lowest BCUT2D eigenvalue weighted by Crippen LogP contribution is -2.42. The van der Waals surface area contributed by atoms with E-state index in [2.05, 4.69) is 31.0 Å². The molecule has 1 saturated heterocycles. The number of sulfone groups is 1. The average Bonchev–Trinajstić information content (AvgIpc) is 2.13. The molecule has 0 saturated carbocycles. The zero-order valence-electron chi connectivity index (χ0n) is 10.6. The Balaban J connectivity index is 2.11. The third-order valence-corrected chi connectivity index (χ3v) is 4.35. The van der Waals surface area contributed by atoms with Gasteiger partial charge in [0, 0.05) is 18.6 Å². The minimum atomic E-state index is -2.73. The molecule has 0 unspecified atom stereocenters. The van der Waals surface area contributed by atoms with Gasteiger partial charge in [0.15, 0.2) is 9.84 Å². The molecule has 0 aliphatic carbocycles. The second-order valence-electron chi connectivity index (χ2n) is 5.52. The van der Waals surface area contributed by atoms with E-state index < -0.39 is 9.84 Å². The quantitative estimate of drug-likeness (QED) is 0.736. The Morgan fingerprint density at radius 1 is 1.19 bits per heavy atom. The first-order valence-electron chi connectivity index (χ1n) is 5.96. The summed E-state index contributed by atoms with van der Waals surface area (Å²) in [5.41, 5.74) is 0.172. The molecule has 1 aliphatic heterocycles.